The summed E-state index contributed by atoms with van der Waals surface area (Å²) in [6, 6.07) is 7.51. The van der Waals surface area contributed by atoms with Gasteiger partial charge in [-0.05, 0) is 18.2 Å². The van der Waals surface area contributed by atoms with Crippen molar-refractivity contribution in [3.8, 4) is 5.69 Å². The SMILES string of the molecule is O=C1c2cc([N+](=O)[O-])ccc2-n2c1nc1cccc(F)c1c2=O. The van der Waals surface area contributed by atoms with Gasteiger partial charge in [0.2, 0.25) is 5.78 Å². The number of benzene rings is 2. The van der Waals surface area contributed by atoms with E-state index in [-0.39, 0.29) is 33.7 Å². The molecule has 1 aliphatic rings. The van der Waals surface area contributed by atoms with Crippen LogP contribution in [0.2, 0.25) is 0 Å². The normalized spacial score (nSPS) is 12.3. The van der Waals surface area contributed by atoms with Gasteiger partial charge in [-0.25, -0.2) is 9.37 Å². The summed E-state index contributed by atoms with van der Waals surface area (Å²) in [5, 5.41) is 10.6. The lowest BCUT2D eigenvalue weighted by Gasteiger charge is -2.05. The molecule has 3 aromatic rings. The molecule has 0 bridgehead atoms. The van der Waals surface area contributed by atoms with Crippen molar-refractivity contribution in [1.29, 1.82) is 0 Å². The van der Waals surface area contributed by atoms with Crippen LogP contribution in [0.3, 0.4) is 0 Å². The number of fused-ring (bicyclic) bond motifs is 4. The number of nitro groups is 1. The predicted octanol–water partition coefficient (Wildman–Crippen LogP) is 1.98. The summed E-state index contributed by atoms with van der Waals surface area (Å²) in [7, 11) is 0. The van der Waals surface area contributed by atoms with E-state index in [2.05, 4.69) is 4.98 Å². The van der Waals surface area contributed by atoms with Crippen molar-refractivity contribution in [1.82, 2.24) is 9.55 Å². The third-order valence-electron chi connectivity index (χ3n) is 3.73. The van der Waals surface area contributed by atoms with Gasteiger partial charge in [0.1, 0.15) is 11.2 Å². The summed E-state index contributed by atoms with van der Waals surface area (Å²) in [4.78, 5) is 39.2. The van der Waals surface area contributed by atoms with Gasteiger partial charge in [0.25, 0.3) is 11.2 Å². The van der Waals surface area contributed by atoms with Gasteiger partial charge in [-0.3, -0.25) is 24.3 Å². The van der Waals surface area contributed by atoms with E-state index in [1.807, 2.05) is 0 Å². The van der Waals surface area contributed by atoms with Crippen molar-refractivity contribution in [2.45, 2.75) is 0 Å². The molecule has 0 aliphatic carbocycles. The Bertz CT molecular complexity index is 1100. The van der Waals surface area contributed by atoms with E-state index in [0.29, 0.717) is 0 Å². The first-order valence-electron chi connectivity index (χ1n) is 6.54. The Morgan fingerprint density at radius 2 is 1.96 bits per heavy atom. The number of hydrogen-bond donors (Lipinski definition) is 0. The largest absolute Gasteiger partial charge is 0.285 e. The van der Waals surface area contributed by atoms with Gasteiger partial charge < -0.3 is 0 Å². The average Bonchev–Trinajstić information content (AvgIpc) is 2.80. The highest BCUT2D eigenvalue weighted by Crippen LogP contribution is 2.29. The summed E-state index contributed by atoms with van der Waals surface area (Å²) in [6.07, 6.45) is 0. The number of hydrogen-bond acceptors (Lipinski definition) is 5. The van der Waals surface area contributed by atoms with E-state index in [9.17, 15) is 24.1 Å². The summed E-state index contributed by atoms with van der Waals surface area (Å²) in [6.45, 7) is 0. The number of nitrogens with zero attached hydrogens (tertiary/aromatic N) is 3. The van der Waals surface area contributed by atoms with Gasteiger partial charge >= 0.3 is 0 Å². The van der Waals surface area contributed by atoms with Crippen molar-refractivity contribution in [2.75, 3.05) is 0 Å². The molecule has 112 valence electrons. The molecule has 8 heteroatoms. The van der Waals surface area contributed by atoms with E-state index < -0.39 is 22.1 Å². The number of ketones is 1. The standard InChI is InChI=1S/C15H6FN3O4/c16-9-2-1-3-10-12(9)15(21)18-11-5-4-7(19(22)23)6-8(11)13(20)14(18)17-10/h1-6H. The van der Waals surface area contributed by atoms with E-state index >= 15 is 0 Å². The maximum atomic E-state index is 13.9. The second-order valence-corrected chi connectivity index (χ2v) is 5.00. The predicted molar refractivity (Wildman–Crippen MR) is 77.4 cm³/mol. The molecule has 2 aromatic carbocycles. The topological polar surface area (TPSA) is 95.1 Å². The van der Waals surface area contributed by atoms with Crippen LogP contribution in [0.25, 0.3) is 16.6 Å². The summed E-state index contributed by atoms with van der Waals surface area (Å²) < 4.78 is 14.9. The monoisotopic (exact) mass is 311 g/mol. The molecular formula is C15H6FN3O4. The Morgan fingerprint density at radius 3 is 2.70 bits per heavy atom. The zero-order chi connectivity index (χ0) is 16.3. The minimum absolute atomic E-state index is 0.000450. The number of nitro benzene ring substituents is 1. The second-order valence-electron chi connectivity index (χ2n) is 5.00. The lowest BCUT2D eigenvalue weighted by atomic mass is 10.1. The minimum atomic E-state index is -0.738. The zero-order valence-electron chi connectivity index (χ0n) is 11.3. The quantitative estimate of drug-likeness (QED) is 0.395. The fourth-order valence-electron chi connectivity index (χ4n) is 2.70. The van der Waals surface area contributed by atoms with Crippen LogP contribution in [0.5, 0.6) is 0 Å². The highest BCUT2D eigenvalue weighted by Gasteiger charge is 2.32. The maximum Gasteiger partial charge on any atom is 0.270 e. The molecule has 0 amide bonds. The molecule has 1 aromatic heterocycles. The molecule has 0 saturated heterocycles. The second kappa shape index (κ2) is 4.29. The highest BCUT2D eigenvalue weighted by atomic mass is 19.1. The Kier molecular flexibility index (Phi) is 2.47. The Hall–Kier alpha value is -3.42. The minimum Gasteiger partial charge on any atom is -0.285 e. The summed E-state index contributed by atoms with van der Waals surface area (Å²) >= 11 is 0. The average molecular weight is 311 g/mol. The van der Waals surface area contributed by atoms with Crippen molar-refractivity contribution in [3.63, 3.8) is 0 Å². The number of carbonyl (C=O) groups is 1. The van der Waals surface area contributed by atoms with Gasteiger partial charge in [0, 0.05) is 12.1 Å². The highest BCUT2D eigenvalue weighted by molar-refractivity contribution is 6.13. The molecule has 7 nitrogen and oxygen atoms in total. The van der Waals surface area contributed by atoms with Crippen molar-refractivity contribution in [2.24, 2.45) is 0 Å². The van der Waals surface area contributed by atoms with Crippen LogP contribution in [0.1, 0.15) is 16.2 Å². The van der Waals surface area contributed by atoms with Gasteiger partial charge in [-0.2, -0.15) is 0 Å². The Labute approximate surface area is 126 Å². The molecular weight excluding hydrogens is 305 g/mol. The van der Waals surface area contributed by atoms with Crippen LogP contribution in [0, 0.1) is 15.9 Å². The molecule has 1 aliphatic heterocycles. The van der Waals surface area contributed by atoms with Gasteiger partial charge in [-0.15, -0.1) is 0 Å². The smallest absolute Gasteiger partial charge is 0.270 e. The molecule has 0 radical (unpaired) electrons. The van der Waals surface area contributed by atoms with Crippen LogP contribution in [0.4, 0.5) is 10.1 Å². The van der Waals surface area contributed by atoms with Crippen LogP contribution in [0.15, 0.2) is 41.2 Å². The van der Waals surface area contributed by atoms with Crippen LogP contribution < -0.4 is 5.56 Å². The van der Waals surface area contributed by atoms with Crippen LogP contribution >= 0.6 is 0 Å². The van der Waals surface area contributed by atoms with E-state index in [0.717, 1.165) is 16.7 Å². The fraction of sp³-hybridized carbons (Fsp3) is 0. The lowest BCUT2D eigenvalue weighted by Crippen LogP contribution is -2.22. The lowest BCUT2D eigenvalue weighted by molar-refractivity contribution is -0.384. The fourth-order valence-corrected chi connectivity index (χ4v) is 2.70. The third-order valence-corrected chi connectivity index (χ3v) is 3.73. The van der Waals surface area contributed by atoms with Gasteiger partial charge in [-0.1, -0.05) is 6.07 Å². The van der Waals surface area contributed by atoms with Gasteiger partial charge in [0.15, 0.2) is 5.82 Å². The first-order chi connectivity index (χ1) is 11.0. The van der Waals surface area contributed by atoms with E-state index in [1.54, 1.807) is 0 Å². The summed E-state index contributed by atoms with van der Waals surface area (Å²) in [5.41, 5.74) is -0.757. The number of aromatic nitrogens is 2. The molecule has 4 rings (SSSR count). The summed E-state index contributed by atoms with van der Waals surface area (Å²) in [5.74, 6) is -1.52. The zero-order valence-corrected chi connectivity index (χ0v) is 11.3. The van der Waals surface area contributed by atoms with E-state index in [1.165, 1.54) is 24.3 Å². The van der Waals surface area contributed by atoms with Gasteiger partial charge in [0.05, 0.1) is 21.7 Å². The molecule has 0 N–H and O–H groups in total. The third kappa shape index (κ3) is 1.65. The van der Waals surface area contributed by atoms with Crippen molar-refractivity contribution in [3.05, 3.63) is 74.1 Å². The first kappa shape index (κ1) is 13.3. The van der Waals surface area contributed by atoms with Crippen LogP contribution in [-0.2, 0) is 0 Å². The molecule has 2 heterocycles. The maximum absolute atomic E-state index is 13.9. The molecule has 0 fully saturated rings. The number of carbonyl (C=O) groups excluding carboxylic acids is 1. The number of non-ortho nitro benzene ring substituents is 1. The molecule has 0 unspecified atom stereocenters. The number of rotatable bonds is 1. The Morgan fingerprint density at radius 1 is 1.17 bits per heavy atom. The molecule has 0 spiro atoms. The Balaban J connectivity index is 2.12. The number of halogens is 1. The first-order valence-corrected chi connectivity index (χ1v) is 6.54. The van der Waals surface area contributed by atoms with Crippen molar-refractivity contribution < 1.29 is 14.1 Å². The van der Waals surface area contributed by atoms with Crippen LogP contribution in [-0.4, -0.2) is 20.3 Å². The van der Waals surface area contributed by atoms with E-state index in [4.69, 9.17) is 0 Å². The van der Waals surface area contributed by atoms with Crippen molar-refractivity contribution >= 4 is 22.4 Å². The molecule has 23 heavy (non-hydrogen) atoms. The molecule has 0 saturated carbocycles. The molecule has 0 atom stereocenters.